The van der Waals surface area contributed by atoms with Gasteiger partial charge in [-0.25, -0.2) is 8.42 Å². The summed E-state index contributed by atoms with van der Waals surface area (Å²) in [5.74, 6) is 1.58. The molecule has 2 aromatic rings. The molecule has 0 radical (unpaired) electrons. The van der Waals surface area contributed by atoms with Crippen molar-refractivity contribution >= 4 is 9.84 Å². The number of hydrogen-bond acceptors (Lipinski definition) is 6. The summed E-state index contributed by atoms with van der Waals surface area (Å²) in [6, 6.07) is 6.49. The lowest BCUT2D eigenvalue weighted by molar-refractivity contribution is 0.385. The largest absolute Gasteiger partial charge is 0.497 e. The van der Waals surface area contributed by atoms with Gasteiger partial charge in [0.2, 0.25) is 9.84 Å². The Hall–Kier alpha value is -2.41. The Labute approximate surface area is 173 Å². The molecule has 0 aliphatic carbocycles. The van der Waals surface area contributed by atoms with Crippen molar-refractivity contribution in [3.05, 3.63) is 35.4 Å². The Kier molecular flexibility index (Phi) is 7.06. The first-order valence-electron chi connectivity index (χ1n) is 9.39. The third kappa shape index (κ3) is 4.29. The smallest absolute Gasteiger partial charge is 0.207 e. The van der Waals surface area contributed by atoms with Crippen LogP contribution >= 0.6 is 0 Å². The highest BCUT2D eigenvalue weighted by molar-refractivity contribution is 7.91. The van der Waals surface area contributed by atoms with Gasteiger partial charge in [-0.05, 0) is 24.0 Å². The van der Waals surface area contributed by atoms with E-state index >= 15 is 0 Å². The molecule has 0 bridgehead atoms. The molecule has 0 unspecified atom stereocenters. The molecule has 0 atom stereocenters. The number of ether oxygens (including phenoxy) is 4. The van der Waals surface area contributed by atoms with Gasteiger partial charge in [-0.3, -0.25) is 0 Å². The van der Waals surface area contributed by atoms with E-state index in [1.165, 1.54) is 28.4 Å². The maximum atomic E-state index is 13.9. The van der Waals surface area contributed by atoms with Crippen molar-refractivity contribution in [3.8, 4) is 23.0 Å². The van der Waals surface area contributed by atoms with Gasteiger partial charge in [0.15, 0.2) is 0 Å². The van der Waals surface area contributed by atoms with E-state index in [1.54, 1.807) is 24.3 Å². The standard InChI is InChI=1S/C22H30O6S/c1-13(2)21-17(27-7)9-15(25-5)11-19(21)29(23,24)20-12-16(26-6)10-18(28-8)22(20)14(3)4/h9-14H,1-8H3. The van der Waals surface area contributed by atoms with Crippen molar-refractivity contribution in [2.24, 2.45) is 0 Å². The fourth-order valence-electron chi connectivity index (χ4n) is 3.43. The van der Waals surface area contributed by atoms with Crippen LogP contribution in [0.3, 0.4) is 0 Å². The molecular formula is C22H30O6S. The lowest BCUT2D eigenvalue weighted by Crippen LogP contribution is -2.13. The maximum Gasteiger partial charge on any atom is 0.207 e. The van der Waals surface area contributed by atoms with Gasteiger partial charge in [0, 0.05) is 23.3 Å². The molecule has 160 valence electrons. The second-order valence-corrected chi connectivity index (χ2v) is 9.18. The first kappa shape index (κ1) is 22.9. The molecule has 0 spiro atoms. The average molecular weight is 423 g/mol. The number of methoxy groups -OCH3 is 4. The van der Waals surface area contributed by atoms with Crippen LogP contribution in [0.4, 0.5) is 0 Å². The molecule has 7 heteroatoms. The lowest BCUT2D eigenvalue weighted by Gasteiger charge is -2.22. The van der Waals surface area contributed by atoms with Gasteiger partial charge in [0.1, 0.15) is 23.0 Å². The summed E-state index contributed by atoms with van der Waals surface area (Å²) in [5.41, 5.74) is 1.20. The second-order valence-electron chi connectivity index (χ2n) is 7.30. The van der Waals surface area contributed by atoms with E-state index in [2.05, 4.69) is 0 Å². The highest BCUT2D eigenvalue weighted by Gasteiger charge is 2.31. The summed E-state index contributed by atoms with van der Waals surface area (Å²) in [7, 11) is 2.09. The van der Waals surface area contributed by atoms with E-state index in [0.29, 0.717) is 34.1 Å². The van der Waals surface area contributed by atoms with Crippen LogP contribution in [0.25, 0.3) is 0 Å². The molecular weight excluding hydrogens is 392 g/mol. The lowest BCUT2D eigenvalue weighted by atomic mass is 10.0. The molecule has 0 heterocycles. The molecule has 2 aromatic carbocycles. The van der Waals surface area contributed by atoms with Crippen LogP contribution in [0.15, 0.2) is 34.1 Å². The van der Waals surface area contributed by atoms with E-state index in [1.807, 2.05) is 27.7 Å². The molecule has 0 aromatic heterocycles. The zero-order chi connectivity index (χ0) is 21.9. The van der Waals surface area contributed by atoms with E-state index in [-0.39, 0.29) is 21.6 Å². The highest BCUT2D eigenvalue weighted by Crippen LogP contribution is 2.43. The molecule has 2 rings (SSSR count). The third-order valence-electron chi connectivity index (χ3n) is 4.80. The Bertz CT molecular complexity index is 904. The van der Waals surface area contributed by atoms with Gasteiger partial charge in [0.05, 0.1) is 38.2 Å². The molecule has 0 saturated heterocycles. The van der Waals surface area contributed by atoms with Crippen molar-refractivity contribution in [2.45, 2.75) is 49.3 Å². The first-order valence-corrected chi connectivity index (χ1v) is 10.9. The minimum Gasteiger partial charge on any atom is -0.497 e. The maximum absolute atomic E-state index is 13.9. The zero-order valence-electron chi connectivity index (χ0n) is 18.3. The summed E-state index contributed by atoms with van der Waals surface area (Å²) >= 11 is 0. The van der Waals surface area contributed by atoms with Gasteiger partial charge in [-0.15, -0.1) is 0 Å². The third-order valence-corrected chi connectivity index (χ3v) is 6.63. The topological polar surface area (TPSA) is 71.1 Å². The van der Waals surface area contributed by atoms with Crippen LogP contribution in [0, 0.1) is 0 Å². The first-order chi connectivity index (χ1) is 13.6. The van der Waals surface area contributed by atoms with Crippen LogP contribution in [0.1, 0.15) is 50.7 Å². The SMILES string of the molecule is COc1cc(OC)c(C(C)C)c(S(=O)(=O)c2cc(OC)cc(OC)c2C(C)C)c1. The Balaban J connectivity index is 2.97. The predicted molar refractivity (Wildman–Crippen MR) is 113 cm³/mol. The minimum atomic E-state index is -3.94. The van der Waals surface area contributed by atoms with Crippen molar-refractivity contribution in [1.82, 2.24) is 0 Å². The molecule has 0 amide bonds. The fraction of sp³-hybridized carbons (Fsp3) is 0.455. The quantitative estimate of drug-likeness (QED) is 0.608. The van der Waals surface area contributed by atoms with Crippen molar-refractivity contribution in [3.63, 3.8) is 0 Å². The Morgan fingerprint density at radius 2 is 0.966 bits per heavy atom. The van der Waals surface area contributed by atoms with Crippen molar-refractivity contribution in [1.29, 1.82) is 0 Å². The van der Waals surface area contributed by atoms with Gasteiger partial charge in [-0.2, -0.15) is 0 Å². The Morgan fingerprint density at radius 3 is 1.21 bits per heavy atom. The normalized spacial score (nSPS) is 11.7. The van der Waals surface area contributed by atoms with Crippen LogP contribution in [-0.4, -0.2) is 36.9 Å². The van der Waals surface area contributed by atoms with Crippen molar-refractivity contribution < 1.29 is 27.4 Å². The van der Waals surface area contributed by atoms with E-state index < -0.39 is 9.84 Å². The monoisotopic (exact) mass is 422 g/mol. The average Bonchev–Trinajstić information content (AvgIpc) is 2.70. The summed E-state index contributed by atoms with van der Waals surface area (Å²) in [6.07, 6.45) is 0. The zero-order valence-corrected chi connectivity index (χ0v) is 19.1. The predicted octanol–water partition coefficient (Wildman–Crippen LogP) is 4.80. The van der Waals surface area contributed by atoms with Gasteiger partial charge in [-0.1, -0.05) is 27.7 Å². The molecule has 6 nitrogen and oxygen atoms in total. The van der Waals surface area contributed by atoms with Crippen molar-refractivity contribution in [2.75, 3.05) is 28.4 Å². The van der Waals surface area contributed by atoms with Gasteiger partial charge in [0.25, 0.3) is 0 Å². The number of benzene rings is 2. The molecule has 0 aliphatic rings. The summed E-state index contributed by atoms with van der Waals surface area (Å²) in [5, 5.41) is 0. The van der Waals surface area contributed by atoms with Gasteiger partial charge >= 0.3 is 0 Å². The number of hydrogen-bond donors (Lipinski definition) is 0. The highest BCUT2D eigenvalue weighted by atomic mass is 32.2. The minimum absolute atomic E-state index is 0.0874. The van der Waals surface area contributed by atoms with Gasteiger partial charge < -0.3 is 18.9 Å². The molecule has 0 saturated carbocycles. The van der Waals surface area contributed by atoms with E-state index in [4.69, 9.17) is 18.9 Å². The summed E-state index contributed by atoms with van der Waals surface area (Å²) < 4.78 is 49.5. The van der Waals surface area contributed by atoms with Crippen LogP contribution in [0.2, 0.25) is 0 Å². The van der Waals surface area contributed by atoms with Crippen LogP contribution in [-0.2, 0) is 9.84 Å². The molecule has 0 fully saturated rings. The second kappa shape index (κ2) is 8.95. The summed E-state index contributed by atoms with van der Waals surface area (Å²) in [4.78, 5) is 0.307. The Morgan fingerprint density at radius 1 is 0.621 bits per heavy atom. The fourth-order valence-corrected chi connectivity index (χ4v) is 5.46. The van der Waals surface area contributed by atoms with E-state index in [0.717, 1.165) is 0 Å². The number of sulfone groups is 1. The molecule has 0 aliphatic heterocycles. The number of rotatable bonds is 8. The van der Waals surface area contributed by atoms with Crippen LogP contribution in [0.5, 0.6) is 23.0 Å². The molecule has 29 heavy (non-hydrogen) atoms. The van der Waals surface area contributed by atoms with Crippen LogP contribution < -0.4 is 18.9 Å². The summed E-state index contributed by atoms with van der Waals surface area (Å²) in [6.45, 7) is 7.72. The van der Waals surface area contributed by atoms with E-state index in [9.17, 15) is 8.42 Å². The molecule has 0 N–H and O–H groups in total.